The van der Waals surface area contributed by atoms with E-state index in [9.17, 15) is 14.4 Å². The molecule has 1 unspecified atom stereocenters. The normalized spacial score (nSPS) is 18.0. The Bertz CT molecular complexity index is 1000. The van der Waals surface area contributed by atoms with Crippen LogP contribution in [0.1, 0.15) is 62.4 Å². The molecule has 4 amide bonds. The summed E-state index contributed by atoms with van der Waals surface area (Å²) in [6.07, 6.45) is 3.34. The Morgan fingerprint density at radius 1 is 1.25 bits per heavy atom. The number of aromatic amines is 1. The maximum absolute atomic E-state index is 12.4. The van der Waals surface area contributed by atoms with Gasteiger partial charge in [-0.25, -0.2) is 9.80 Å². The number of H-pyrrole nitrogens is 1. The van der Waals surface area contributed by atoms with Gasteiger partial charge in [-0.05, 0) is 30.5 Å². The number of hydrazine groups is 1. The number of hydrogen-bond acceptors (Lipinski definition) is 5. The smallest absolute Gasteiger partial charge is 0.329 e. The highest BCUT2D eigenvalue weighted by atomic mass is 16.2. The van der Waals surface area contributed by atoms with Crippen molar-refractivity contribution in [1.82, 2.24) is 25.9 Å². The van der Waals surface area contributed by atoms with Crippen LogP contribution in [0.5, 0.6) is 0 Å². The third-order valence-corrected chi connectivity index (χ3v) is 5.74. The molecule has 10 heteroatoms. The number of aromatic nitrogens is 2. The van der Waals surface area contributed by atoms with Crippen molar-refractivity contribution in [3.8, 4) is 0 Å². The number of fused-ring (bicyclic) bond motifs is 1. The van der Waals surface area contributed by atoms with Crippen LogP contribution >= 0.6 is 0 Å². The Kier molecular flexibility index (Phi) is 6.40. The van der Waals surface area contributed by atoms with Crippen LogP contribution in [0, 0.1) is 0 Å². The molecule has 0 radical (unpaired) electrons. The Balaban J connectivity index is 1.60. The summed E-state index contributed by atoms with van der Waals surface area (Å²) in [6.45, 7) is 5.23. The molecule has 1 aromatic carbocycles. The van der Waals surface area contributed by atoms with Crippen LogP contribution in [-0.4, -0.2) is 46.1 Å². The molecule has 10 nitrogen and oxygen atoms in total. The predicted octanol–water partition coefficient (Wildman–Crippen LogP) is 2.41. The maximum Gasteiger partial charge on any atom is 0.329 e. The van der Waals surface area contributed by atoms with Crippen LogP contribution in [0.25, 0.3) is 0 Å². The van der Waals surface area contributed by atoms with Gasteiger partial charge >= 0.3 is 6.03 Å². The van der Waals surface area contributed by atoms with Crippen LogP contribution in [0.15, 0.2) is 24.3 Å². The van der Waals surface area contributed by atoms with Gasteiger partial charge in [-0.2, -0.15) is 5.10 Å². The SMILES string of the molecule is CCCCNC(=O)NN1Cc2n[nH]c(NC(C)=O)c2C1c1ccc(N2CCCC2=O)cc1. The zero-order valence-corrected chi connectivity index (χ0v) is 18.4. The van der Waals surface area contributed by atoms with E-state index < -0.39 is 0 Å². The lowest BCUT2D eigenvalue weighted by atomic mass is 10.0. The second kappa shape index (κ2) is 9.39. The van der Waals surface area contributed by atoms with Crippen molar-refractivity contribution in [1.29, 1.82) is 0 Å². The van der Waals surface area contributed by atoms with Crippen LogP contribution < -0.4 is 21.0 Å². The lowest BCUT2D eigenvalue weighted by Crippen LogP contribution is -2.47. The molecule has 4 N–H and O–H groups in total. The van der Waals surface area contributed by atoms with Crippen molar-refractivity contribution >= 4 is 29.4 Å². The molecule has 2 aliphatic heterocycles. The summed E-state index contributed by atoms with van der Waals surface area (Å²) < 4.78 is 0. The topological polar surface area (TPSA) is 122 Å². The average molecular weight is 440 g/mol. The molecule has 2 aromatic rings. The van der Waals surface area contributed by atoms with Gasteiger partial charge in [0, 0.05) is 37.7 Å². The van der Waals surface area contributed by atoms with E-state index in [2.05, 4.69) is 33.2 Å². The van der Waals surface area contributed by atoms with E-state index in [1.807, 2.05) is 29.3 Å². The first-order valence-corrected chi connectivity index (χ1v) is 11.0. The molecule has 0 aliphatic carbocycles. The quantitative estimate of drug-likeness (QED) is 0.494. The fraction of sp³-hybridized carbons (Fsp3) is 0.455. The summed E-state index contributed by atoms with van der Waals surface area (Å²) in [5.74, 6) is 0.449. The van der Waals surface area contributed by atoms with Gasteiger partial charge in [0.25, 0.3) is 0 Å². The first kappa shape index (κ1) is 21.8. The summed E-state index contributed by atoms with van der Waals surface area (Å²) in [7, 11) is 0. The van der Waals surface area contributed by atoms with Gasteiger partial charge < -0.3 is 15.5 Å². The van der Waals surface area contributed by atoms with Crippen LogP contribution in [-0.2, 0) is 16.1 Å². The van der Waals surface area contributed by atoms with Gasteiger partial charge in [0.2, 0.25) is 11.8 Å². The number of amides is 4. The molecule has 1 aromatic heterocycles. The lowest BCUT2D eigenvalue weighted by Gasteiger charge is -2.27. The lowest BCUT2D eigenvalue weighted by molar-refractivity contribution is -0.117. The number of anilines is 2. The molecule has 0 spiro atoms. The Labute approximate surface area is 186 Å². The molecule has 3 heterocycles. The first-order chi connectivity index (χ1) is 15.5. The van der Waals surface area contributed by atoms with E-state index in [1.165, 1.54) is 6.92 Å². The highest BCUT2D eigenvalue weighted by Gasteiger charge is 2.38. The summed E-state index contributed by atoms with van der Waals surface area (Å²) in [5, 5.41) is 14.7. The van der Waals surface area contributed by atoms with E-state index in [-0.39, 0.29) is 23.9 Å². The highest BCUT2D eigenvalue weighted by Crippen LogP contribution is 2.41. The molecule has 32 heavy (non-hydrogen) atoms. The number of nitrogens with zero attached hydrogens (tertiary/aromatic N) is 3. The molecule has 1 saturated heterocycles. The minimum absolute atomic E-state index is 0.135. The predicted molar refractivity (Wildman–Crippen MR) is 120 cm³/mol. The number of carbonyl (C=O) groups excluding carboxylic acids is 3. The van der Waals surface area contributed by atoms with Crippen LogP contribution in [0.4, 0.5) is 16.3 Å². The fourth-order valence-corrected chi connectivity index (χ4v) is 4.24. The van der Waals surface area contributed by atoms with Crippen molar-refractivity contribution in [3.05, 3.63) is 41.1 Å². The Hall–Kier alpha value is -3.40. The van der Waals surface area contributed by atoms with Crippen LogP contribution in [0.2, 0.25) is 0 Å². The molecule has 0 bridgehead atoms. The third-order valence-electron chi connectivity index (χ3n) is 5.74. The number of nitrogens with one attached hydrogen (secondary N) is 4. The molecule has 1 atom stereocenters. The van der Waals surface area contributed by atoms with E-state index in [0.29, 0.717) is 25.3 Å². The molecule has 4 rings (SSSR count). The molecule has 2 aliphatic rings. The maximum atomic E-state index is 12.4. The van der Waals surface area contributed by atoms with Crippen molar-refractivity contribution in [2.45, 2.75) is 52.1 Å². The van der Waals surface area contributed by atoms with Crippen molar-refractivity contribution in [2.75, 3.05) is 23.3 Å². The molecular formula is C22H29N7O3. The molecule has 0 saturated carbocycles. The van der Waals surface area contributed by atoms with Crippen molar-refractivity contribution in [2.24, 2.45) is 0 Å². The van der Waals surface area contributed by atoms with E-state index >= 15 is 0 Å². The van der Waals surface area contributed by atoms with E-state index in [0.717, 1.165) is 48.3 Å². The summed E-state index contributed by atoms with van der Waals surface area (Å²) in [4.78, 5) is 38.0. The van der Waals surface area contributed by atoms with E-state index in [4.69, 9.17) is 0 Å². The second-order valence-electron chi connectivity index (χ2n) is 8.13. The third kappa shape index (κ3) is 4.45. The largest absolute Gasteiger partial charge is 0.337 e. The minimum atomic E-state index is -0.342. The van der Waals surface area contributed by atoms with Gasteiger partial charge in [-0.1, -0.05) is 25.5 Å². The summed E-state index contributed by atoms with van der Waals surface area (Å²) in [6, 6.07) is 7.13. The van der Waals surface area contributed by atoms with Gasteiger partial charge in [0.05, 0.1) is 18.3 Å². The van der Waals surface area contributed by atoms with Gasteiger partial charge in [-0.15, -0.1) is 0 Å². The van der Waals surface area contributed by atoms with E-state index in [1.54, 1.807) is 4.90 Å². The first-order valence-electron chi connectivity index (χ1n) is 11.0. The zero-order chi connectivity index (χ0) is 22.7. The minimum Gasteiger partial charge on any atom is -0.337 e. The number of hydrogen-bond donors (Lipinski definition) is 4. The molecular weight excluding hydrogens is 410 g/mol. The monoisotopic (exact) mass is 439 g/mol. The van der Waals surface area contributed by atoms with Crippen molar-refractivity contribution < 1.29 is 14.4 Å². The van der Waals surface area contributed by atoms with Gasteiger partial charge in [0.1, 0.15) is 5.82 Å². The number of carbonyl (C=O) groups is 3. The van der Waals surface area contributed by atoms with Gasteiger partial charge in [0.15, 0.2) is 0 Å². The highest BCUT2D eigenvalue weighted by molar-refractivity contribution is 5.95. The standard InChI is InChI=1S/C22H29N7O3/c1-3-4-11-23-22(32)27-29-13-17-19(21(26-25-17)24-14(2)30)20(29)15-7-9-16(10-8-15)28-12-5-6-18(28)31/h7-10,20H,3-6,11-13H2,1-2H3,(H2,23,27,32)(H2,24,25,26,30). The summed E-state index contributed by atoms with van der Waals surface area (Å²) >= 11 is 0. The zero-order valence-electron chi connectivity index (χ0n) is 18.4. The Morgan fingerprint density at radius 2 is 2.03 bits per heavy atom. The average Bonchev–Trinajstić information content (AvgIpc) is 3.44. The number of rotatable bonds is 7. The Morgan fingerprint density at radius 3 is 2.69 bits per heavy atom. The second-order valence-corrected chi connectivity index (χ2v) is 8.13. The van der Waals surface area contributed by atoms with Crippen molar-refractivity contribution in [3.63, 3.8) is 0 Å². The number of unbranched alkanes of at least 4 members (excludes halogenated alkanes) is 1. The number of benzene rings is 1. The number of urea groups is 1. The van der Waals surface area contributed by atoms with Crippen LogP contribution in [0.3, 0.4) is 0 Å². The molecule has 170 valence electrons. The molecule has 1 fully saturated rings. The van der Waals surface area contributed by atoms with Gasteiger partial charge in [-0.3, -0.25) is 20.1 Å². The summed E-state index contributed by atoms with van der Waals surface area (Å²) in [5.41, 5.74) is 6.28. The fourth-order valence-electron chi connectivity index (χ4n) is 4.24.